The van der Waals surface area contributed by atoms with E-state index in [-0.39, 0.29) is 17.9 Å². The standard InChI is InChI=1S/C24H27NO3/c1-16(2)28-23-8-6-5-7-21(23)15-25-24(26)17(3)18-9-10-20-14-22(27-4)12-11-19(20)13-18/h5-14,16-17H,15H2,1-4H3,(H,25,26)/t17-/m0/s1. The van der Waals surface area contributed by atoms with Crippen molar-refractivity contribution in [3.63, 3.8) is 0 Å². The van der Waals surface area contributed by atoms with Crippen LogP contribution in [0.2, 0.25) is 0 Å². The van der Waals surface area contributed by atoms with E-state index in [1.807, 2.05) is 75.4 Å². The van der Waals surface area contributed by atoms with Crippen LogP contribution in [0.1, 0.15) is 37.8 Å². The SMILES string of the molecule is COc1ccc2cc([C@H](C)C(=O)NCc3ccccc3OC(C)C)ccc2c1. The second kappa shape index (κ2) is 8.79. The minimum atomic E-state index is -0.246. The molecule has 1 amide bonds. The summed E-state index contributed by atoms with van der Waals surface area (Å²) >= 11 is 0. The average molecular weight is 377 g/mol. The van der Waals surface area contributed by atoms with Crippen molar-refractivity contribution in [3.8, 4) is 11.5 Å². The summed E-state index contributed by atoms with van der Waals surface area (Å²) in [7, 11) is 1.66. The van der Waals surface area contributed by atoms with Crippen molar-refractivity contribution in [1.82, 2.24) is 5.32 Å². The van der Waals surface area contributed by atoms with Crippen molar-refractivity contribution in [2.45, 2.75) is 39.3 Å². The Balaban J connectivity index is 1.70. The zero-order valence-corrected chi connectivity index (χ0v) is 16.9. The maximum Gasteiger partial charge on any atom is 0.227 e. The summed E-state index contributed by atoms with van der Waals surface area (Å²) in [6, 6.07) is 19.8. The van der Waals surface area contributed by atoms with E-state index in [1.54, 1.807) is 7.11 Å². The lowest BCUT2D eigenvalue weighted by Gasteiger charge is -2.17. The van der Waals surface area contributed by atoms with Crippen LogP contribution in [0.25, 0.3) is 10.8 Å². The van der Waals surface area contributed by atoms with Gasteiger partial charge in [0.1, 0.15) is 11.5 Å². The first-order valence-corrected chi connectivity index (χ1v) is 9.58. The Kier molecular flexibility index (Phi) is 6.19. The summed E-state index contributed by atoms with van der Waals surface area (Å²) in [6.07, 6.45) is 0.0898. The third-order valence-corrected chi connectivity index (χ3v) is 4.75. The molecule has 0 heterocycles. The number of carbonyl (C=O) groups is 1. The van der Waals surface area contributed by atoms with Gasteiger partial charge in [-0.1, -0.05) is 42.5 Å². The number of hydrogen-bond acceptors (Lipinski definition) is 3. The van der Waals surface area contributed by atoms with Gasteiger partial charge in [-0.2, -0.15) is 0 Å². The molecule has 0 bridgehead atoms. The molecule has 1 N–H and O–H groups in total. The minimum Gasteiger partial charge on any atom is -0.497 e. The Labute approximate surface area is 166 Å². The molecule has 0 saturated heterocycles. The van der Waals surface area contributed by atoms with Gasteiger partial charge in [-0.05, 0) is 55.3 Å². The summed E-state index contributed by atoms with van der Waals surface area (Å²) in [6.45, 7) is 6.35. The number of hydrogen-bond donors (Lipinski definition) is 1. The lowest BCUT2D eigenvalue weighted by Crippen LogP contribution is -2.27. The first-order chi connectivity index (χ1) is 13.5. The van der Waals surface area contributed by atoms with Gasteiger partial charge >= 0.3 is 0 Å². The molecule has 0 unspecified atom stereocenters. The number of nitrogens with one attached hydrogen (secondary N) is 1. The lowest BCUT2D eigenvalue weighted by atomic mass is 9.97. The number of amides is 1. The van der Waals surface area contributed by atoms with Gasteiger partial charge in [-0.25, -0.2) is 0 Å². The van der Waals surface area contributed by atoms with E-state index < -0.39 is 0 Å². The van der Waals surface area contributed by atoms with Crippen LogP contribution in [0, 0.1) is 0 Å². The van der Waals surface area contributed by atoms with E-state index >= 15 is 0 Å². The summed E-state index contributed by atoms with van der Waals surface area (Å²) in [4.78, 5) is 12.7. The zero-order chi connectivity index (χ0) is 20.1. The van der Waals surface area contributed by atoms with Crippen LogP contribution in [0.15, 0.2) is 60.7 Å². The van der Waals surface area contributed by atoms with Crippen LogP contribution in [0.3, 0.4) is 0 Å². The second-order valence-corrected chi connectivity index (χ2v) is 7.19. The molecule has 0 aliphatic carbocycles. The van der Waals surface area contributed by atoms with E-state index in [0.717, 1.165) is 33.4 Å². The zero-order valence-electron chi connectivity index (χ0n) is 16.9. The summed E-state index contributed by atoms with van der Waals surface area (Å²) in [5.41, 5.74) is 1.96. The number of benzene rings is 3. The summed E-state index contributed by atoms with van der Waals surface area (Å²) < 4.78 is 11.1. The van der Waals surface area contributed by atoms with Gasteiger partial charge < -0.3 is 14.8 Å². The van der Waals surface area contributed by atoms with Gasteiger partial charge in [0.05, 0.1) is 19.1 Å². The topological polar surface area (TPSA) is 47.6 Å². The van der Waals surface area contributed by atoms with Gasteiger partial charge in [-0.15, -0.1) is 0 Å². The first-order valence-electron chi connectivity index (χ1n) is 9.58. The van der Waals surface area contributed by atoms with E-state index in [0.29, 0.717) is 6.54 Å². The molecule has 1 atom stereocenters. The second-order valence-electron chi connectivity index (χ2n) is 7.19. The molecular formula is C24H27NO3. The van der Waals surface area contributed by atoms with Crippen LogP contribution in [0.5, 0.6) is 11.5 Å². The fraction of sp³-hybridized carbons (Fsp3) is 0.292. The van der Waals surface area contributed by atoms with Gasteiger partial charge in [-0.3, -0.25) is 4.79 Å². The van der Waals surface area contributed by atoms with Crippen molar-refractivity contribution >= 4 is 16.7 Å². The molecule has 0 radical (unpaired) electrons. The molecule has 4 nitrogen and oxygen atoms in total. The Morgan fingerprint density at radius 1 is 0.964 bits per heavy atom. The average Bonchev–Trinajstić information content (AvgIpc) is 2.71. The van der Waals surface area contributed by atoms with Crippen molar-refractivity contribution in [3.05, 3.63) is 71.8 Å². The van der Waals surface area contributed by atoms with Crippen LogP contribution in [-0.4, -0.2) is 19.1 Å². The number of fused-ring (bicyclic) bond motifs is 1. The Morgan fingerprint density at radius 3 is 2.43 bits per heavy atom. The van der Waals surface area contributed by atoms with Crippen molar-refractivity contribution < 1.29 is 14.3 Å². The Morgan fingerprint density at radius 2 is 1.68 bits per heavy atom. The predicted octanol–water partition coefficient (Wildman–Crippen LogP) is 5.06. The highest BCUT2D eigenvalue weighted by atomic mass is 16.5. The third-order valence-electron chi connectivity index (χ3n) is 4.75. The van der Waals surface area contributed by atoms with E-state index in [9.17, 15) is 4.79 Å². The van der Waals surface area contributed by atoms with Gasteiger partial charge in [0, 0.05) is 12.1 Å². The van der Waals surface area contributed by atoms with E-state index in [1.165, 1.54) is 0 Å². The Hall–Kier alpha value is -3.01. The summed E-state index contributed by atoms with van der Waals surface area (Å²) in [5.74, 6) is 1.38. The summed E-state index contributed by atoms with van der Waals surface area (Å²) in [5, 5.41) is 5.22. The maximum atomic E-state index is 12.7. The van der Waals surface area contributed by atoms with Crippen molar-refractivity contribution in [2.75, 3.05) is 7.11 Å². The molecule has 3 aromatic carbocycles. The molecular weight excluding hydrogens is 350 g/mol. The molecule has 0 saturated carbocycles. The molecule has 3 aromatic rings. The molecule has 0 fully saturated rings. The van der Waals surface area contributed by atoms with Crippen LogP contribution in [-0.2, 0) is 11.3 Å². The van der Waals surface area contributed by atoms with Crippen molar-refractivity contribution in [1.29, 1.82) is 0 Å². The molecule has 0 spiro atoms. The highest BCUT2D eigenvalue weighted by Crippen LogP contribution is 2.25. The number of ether oxygens (including phenoxy) is 2. The molecule has 4 heteroatoms. The van der Waals surface area contributed by atoms with Crippen LogP contribution in [0.4, 0.5) is 0 Å². The normalized spacial score (nSPS) is 12.0. The molecule has 0 aromatic heterocycles. The molecule has 0 aliphatic heterocycles. The maximum absolute atomic E-state index is 12.7. The van der Waals surface area contributed by atoms with Crippen LogP contribution < -0.4 is 14.8 Å². The number of methoxy groups -OCH3 is 1. The monoisotopic (exact) mass is 377 g/mol. The fourth-order valence-electron chi connectivity index (χ4n) is 3.14. The van der Waals surface area contributed by atoms with E-state index in [2.05, 4.69) is 11.4 Å². The minimum absolute atomic E-state index is 0.00721. The van der Waals surface area contributed by atoms with Gasteiger partial charge in [0.2, 0.25) is 5.91 Å². The molecule has 0 aliphatic rings. The number of para-hydroxylation sites is 1. The molecule has 146 valence electrons. The lowest BCUT2D eigenvalue weighted by molar-refractivity contribution is -0.122. The number of carbonyl (C=O) groups excluding carboxylic acids is 1. The van der Waals surface area contributed by atoms with Gasteiger partial charge in [0.25, 0.3) is 0 Å². The first kappa shape index (κ1) is 19.7. The molecule has 3 rings (SSSR count). The largest absolute Gasteiger partial charge is 0.497 e. The molecule has 28 heavy (non-hydrogen) atoms. The number of rotatable bonds is 7. The van der Waals surface area contributed by atoms with E-state index in [4.69, 9.17) is 9.47 Å². The predicted molar refractivity (Wildman–Crippen MR) is 113 cm³/mol. The Bertz CT molecular complexity index is 965. The van der Waals surface area contributed by atoms with Crippen LogP contribution >= 0.6 is 0 Å². The highest BCUT2D eigenvalue weighted by Gasteiger charge is 2.16. The smallest absolute Gasteiger partial charge is 0.227 e. The fourth-order valence-corrected chi connectivity index (χ4v) is 3.14. The highest BCUT2D eigenvalue weighted by molar-refractivity contribution is 5.88. The van der Waals surface area contributed by atoms with Gasteiger partial charge in [0.15, 0.2) is 0 Å². The van der Waals surface area contributed by atoms with Crippen molar-refractivity contribution in [2.24, 2.45) is 0 Å². The third kappa shape index (κ3) is 4.63. The quantitative estimate of drug-likeness (QED) is 0.626.